The Kier molecular flexibility index (Phi) is 4.17. The molecule has 3 rings (SSSR count). The third-order valence-electron chi connectivity index (χ3n) is 4.03. The van der Waals surface area contributed by atoms with Crippen molar-refractivity contribution in [3.63, 3.8) is 0 Å². The van der Waals surface area contributed by atoms with Crippen LogP contribution in [-0.4, -0.2) is 22.5 Å². The Morgan fingerprint density at radius 1 is 1.52 bits per heavy atom. The number of thiazole rings is 1. The van der Waals surface area contributed by atoms with Gasteiger partial charge in [-0.2, -0.15) is 0 Å². The first-order valence-corrected chi connectivity index (χ1v) is 8.31. The number of rotatable bonds is 7. The van der Waals surface area contributed by atoms with Gasteiger partial charge in [0.1, 0.15) is 0 Å². The molecule has 1 unspecified atom stereocenters. The van der Waals surface area contributed by atoms with Crippen molar-refractivity contribution in [2.75, 3.05) is 6.54 Å². The van der Waals surface area contributed by atoms with E-state index in [2.05, 4.69) is 17.2 Å². The van der Waals surface area contributed by atoms with Gasteiger partial charge in [-0.25, -0.2) is 4.98 Å². The average molecular weight is 305 g/mol. The lowest BCUT2D eigenvalue weighted by molar-refractivity contribution is -0.383. The van der Waals surface area contributed by atoms with E-state index in [1.165, 1.54) is 24.2 Å². The first kappa shape index (κ1) is 14.4. The molecule has 21 heavy (non-hydrogen) atoms. The fourth-order valence-corrected chi connectivity index (χ4v) is 3.48. The molecule has 0 amide bonds. The summed E-state index contributed by atoms with van der Waals surface area (Å²) in [6, 6.07) is 4.21. The van der Waals surface area contributed by atoms with Crippen molar-refractivity contribution in [3.8, 4) is 0 Å². The number of benzene rings is 1. The zero-order valence-electron chi connectivity index (χ0n) is 12.0. The minimum Gasteiger partial charge on any atom is -0.313 e. The number of fused-ring (bicyclic) bond motifs is 1. The van der Waals surface area contributed by atoms with Crippen LogP contribution in [0.3, 0.4) is 0 Å². The van der Waals surface area contributed by atoms with Gasteiger partial charge in [-0.15, -0.1) is 11.3 Å². The summed E-state index contributed by atoms with van der Waals surface area (Å²) in [7, 11) is 0. The van der Waals surface area contributed by atoms with Crippen molar-refractivity contribution in [3.05, 3.63) is 33.3 Å². The highest BCUT2D eigenvalue weighted by Gasteiger charge is 2.33. The lowest BCUT2D eigenvalue weighted by Gasteiger charge is -2.18. The molecule has 1 atom stereocenters. The van der Waals surface area contributed by atoms with Gasteiger partial charge < -0.3 is 5.32 Å². The van der Waals surface area contributed by atoms with Crippen molar-refractivity contribution in [1.29, 1.82) is 0 Å². The van der Waals surface area contributed by atoms with Gasteiger partial charge in [-0.3, -0.25) is 10.1 Å². The second-order valence-corrected chi connectivity index (χ2v) is 6.52. The van der Waals surface area contributed by atoms with Crippen molar-refractivity contribution < 1.29 is 4.92 Å². The van der Waals surface area contributed by atoms with Crippen molar-refractivity contribution in [2.45, 2.75) is 38.6 Å². The minimum absolute atomic E-state index is 0.192. The number of nitrogens with zero attached hydrogens (tertiary/aromatic N) is 2. The Labute approximate surface area is 127 Å². The molecule has 1 heterocycles. The molecule has 0 spiro atoms. The summed E-state index contributed by atoms with van der Waals surface area (Å²) < 4.78 is 0.884. The quantitative estimate of drug-likeness (QED) is 0.627. The van der Waals surface area contributed by atoms with Crippen LogP contribution in [0.5, 0.6) is 0 Å². The molecule has 0 radical (unpaired) electrons. The molecule has 6 heteroatoms. The molecule has 0 bridgehead atoms. The third-order valence-corrected chi connectivity index (χ3v) is 4.82. The van der Waals surface area contributed by atoms with Crippen LogP contribution in [0.15, 0.2) is 17.6 Å². The summed E-state index contributed by atoms with van der Waals surface area (Å²) in [6.45, 7) is 3.11. The molecule has 1 aliphatic rings. The Morgan fingerprint density at radius 2 is 2.33 bits per heavy atom. The fraction of sp³-hybridized carbons (Fsp3) is 0.533. The van der Waals surface area contributed by atoms with Crippen LogP contribution in [0, 0.1) is 16.0 Å². The topological polar surface area (TPSA) is 68.1 Å². The monoisotopic (exact) mass is 305 g/mol. The van der Waals surface area contributed by atoms with Gasteiger partial charge in [0.2, 0.25) is 0 Å². The lowest BCUT2D eigenvalue weighted by Crippen LogP contribution is -2.33. The second-order valence-electron chi connectivity index (χ2n) is 5.63. The Balaban J connectivity index is 1.91. The molecule has 112 valence electrons. The maximum atomic E-state index is 11.5. The van der Waals surface area contributed by atoms with Crippen LogP contribution in [0.1, 0.15) is 31.7 Å². The maximum Gasteiger partial charge on any atom is 0.299 e. The second kappa shape index (κ2) is 6.07. The van der Waals surface area contributed by atoms with Crippen molar-refractivity contribution >= 4 is 27.2 Å². The number of aromatic nitrogens is 1. The van der Waals surface area contributed by atoms with E-state index in [4.69, 9.17) is 0 Å². The van der Waals surface area contributed by atoms with E-state index < -0.39 is 0 Å². The van der Waals surface area contributed by atoms with Crippen molar-refractivity contribution in [2.24, 2.45) is 5.92 Å². The first-order valence-electron chi connectivity index (χ1n) is 7.43. The van der Waals surface area contributed by atoms with Crippen LogP contribution >= 0.6 is 11.3 Å². The Hall–Kier alpha value is -1.53. The van der Waals surface area contributed by atoms with Crippen molar-refractivity contribution in [1.82, 2.24) is 10.3 Å². The number of nitro groups is 1. The molecule has 1 fully saturated rings. The predicted molar refractivity (Wildman–Crippen MR) is 84.8 cm³/mol. The van der Waals surface area contributed by atoms with Gasteiger partial charge >= 0.3 is 0 Å². The normalized spacial score (nSPS) is 16.2. The fourth-order valence-electron chi connectivity index (χ4n) is 2.80. The van der Waals surface area contributed by atoms with Gasteiger partial charge in [0.15, 0.2) is 5.52 Å². The van der Waals surface area contributed by atoms with E-state index in [9.17, 15) is 10.1 Å². The summed E-state index contributed by atoms with van der Waals surface area (Å²) in [5.41, 5.74) is 3.21. The molecule has 0 saturated heterocycles. The molecule has 1 aliphatic carbocycles. The van der Waals surface area contributed by atoms with E-state index in [-0.39, 0.29) is 10.6 Å². The van der Waals surface area contributed by atoms with E-state index in [0.717, 1.165) is 23.2 Å². The summed E-state index contributed by atoms with van der Waals surface area (Å²) >= 11 is 1.45. The molecule has 1 saturated carbocycles. The molecular formula is C15H19N3O2S. The Bertz CT molecular complexity index is 651. The summed E-state index contributed by atoms with van der Waals surface area (Å²) in [5, 5.41) is 15.0. The highest BCUT2D eigenvalue weighted by molar-refractivity contribution is 7.16. The van der Waals surface area contributed by atoms with Crippen LogP contribution in [0.25, 0.3) is 10.2 Å². The van der Waals surface area contributed by atoms with Gasteiger partial charge in [0.25, 0.3) is 5.69 Å². The van der Waals surface area contributed by atoms with Crippen LogP contribution < -0.4 is 5.32 Å². The highest BCUT2D eigenvalue weighted by atomic mass is 32.1. The van der Waals surface area contributed by atoms with Gasteiger partial charge in [-0.1, -0.05) is 13.0 Å². The Morgan fingerprint density at radius 3 is 3.00 bits per heavy atom. The molecular weight excluding hydrogens is 286 g/mol. The molecule has 1 aromatic heterocycles. The number of hydrogen-bond donors (Lipinski definition) is 1. The van der Waals surface area contributed by atoms with Gasteiger partial charge in [0, 0.05) is 11.6 Å². The SMILES string of the molecule is CCCNC(Cc1ccc2scnc2c1[N+](=O)[O-])C1CC1. The largest absolute Gasteiger partial charge is 0.313 e. The van der Waals surface area contributed by atoms with E-state index in [1.54, 1.807) is 5.51 Å². The van der Waals surface area contributed by atoms with Crippen LogP contribution in [0.2, 0.25) is 0 Å². The molecule has 2 aromatic rings. The van der Waals surface area contributed by atoms with Gasteiger partial charge in [0.05, 0.1) is 15.1 Å². The number of nitrogens with one attached hydrogen (secondary N) is 1. The molecule has 0 aliphatic heterocycles. The zero-order valence-corrected chi connectivity index (χ0v) is 12.9. The zero-order chi connectivity index (χ0) is 14.8. The van der Waals surface area contributed by atoms with Gasteiger partial charge in [-0.05, 0) is 44.2 Å². The lowest BCUT2D eigenvalue weighted by atomic mass is 10.00. The number of hydrogen-bond acceptors (Lipinski definition) is 5. The van der Waals surface area contributed by atoms with E-state index in [1.807, 2.05) is 12.1 Å². The van der Waals surface area contributed by atoms with E-state index >= 15 is 0 Å². The smallest absolute Gasteiger partial charge is 0.299 e. The average Bonchev–Trinajstić information content (AvgIpc) is 3.20. The summed E-state index contributed by atoms with van der Waals surface area (Å²) in [6.07, 6.45) is 4.26. The first-order chi connectivity index (χ1) is 10.2. The maximum absolute atomic E-state index is 11.5. The van der Waals surface area contributed by atoms with E-state index in [0.29, 0.717) is 23.9 Å². The predicted octanol–water partition coefficient (Wildman–Crippen LogP) is 3.53. The molecule has 1 N–H and O–H groups in total. The third kappa shape index (κ3) is 3.06. The standard InChI is InChI=1S/C15H19N3O2S/c1-2-7-16-12(10-3-4-10)8-11-5-6-13-14(17-9-21-13)15(11)18(19)20/h5-6,9-10,12,16H,2-4,7-8H2,1H3. The molecule has 5 nitrogen and oxygen atoms in total. The minimum atomic E-state index is -0.277. The van der Waals surface area contributed by atoms with Crippen LogP contribution in [-0.2, 0) is 6.42 Å². The van der Waals surface area contributed by atoms with Crippen LogP contribution in [0.4, 0.5) is 5.69 Å². The number of nitro benzene ring substituents is 1. The summed E-state index contributed by atoms with van der Waals surface area (Å²) in [4.78, 5) is 15.4. The molecule has 1 aromatic carbocycles. The summed E-state index contributed by atoms with van der Waals surface area (Å²) in [5.74, 6) is 0.669. The highest BCUT2D eigenvalue weighted by Crippen LogP contribution is 2.37.